The molecule has 7 nitrogen and oxygen atoms in total. The van der Waals surface area contributed by atoms with Crippen LogP contribution in [-0.2, 0) is 10.0 Å². The van der Waals surface area contributed by atoms with Crippen LogP contribution >= 0.6 is 12.2 Å². The number of nitrogens with one attached hydrogen (secondary N) is 3. The molecule has 29 heavy (non-hydrogen) atoms. The SMILES string of the molecule is Cc1ccc(NS(=O)(=O)c2ccc(NC(=S)NC(=O)c3ccco3)cc2)cc1C. The van der Waals surface area contributed by atoms with Crippen LogP contribution in [0.2, 0.25) is 0 Å². The first-order chi connectivity index (χ1) is 13.7. The summed E-state index contributed by atoms with van der Waals surface area (Å²) in [6, 6.07) is 14.5. The predicted molar refractivity (Wildman–Crippen MR) is 116 cm³/mol. The molecule has 2 aromatic carbocycles. The summed E-state index contributed by atoms with van der Waals surface area (Å²) in [5.74, 6) is -0.350. The summed E-state index contributed by atoms with van der Waals surface area (Å²) in [4.78, 5) is 12.0. The number of anilines is 2. The fourth-order valence-electron chi connectivity index (χ4n) is 2.47. The lowest BCUT2D eigenvalue weighted by atomic mass is 10.1. The molecule has 0 aliphatic carbocycles. The van der Waals surface area contributed by atoms with Gasteiger partial charge in [0.05, 0.1) is 11.2 Å². The van der Waals surface area contributed by atoms with E-state index in [9.17, 15) is 13.2 Å². The zero-order chi connectivity index (χ0) is 21.0. The number of rotatable bonds is 5. The third-order valence-corrected chi connectivity index (χ3v) is 5.75. The van der Waals surface area contributed by atoms with Crippen LogP contribution in [0, 0.1) is 13.8 Å². The molecule has 0 saturated heterocycles. The summed E-state index contributed by atoms with van der Waals surface area (Å²) in [7, 11) is -3.73. The third kappa shape index (κ3) is 5.21. The van der Waals surface area contributed by atoms with E-state index in [2.05, 4.69) is 15.4 Å². The summed E-state index contributed by atoms with van der Waals surface area (Å²) < 4.78 is 32.7. The molecule has 0 radical (unpaired) electrons. The quantitative estimate of drug-likeness (QED) is 0.533. The van der Waals surface area contributed by atoms with Crippen LogP contribution in [0.4, 0.5) is 11.4 Å². The Morgan fingerprint density at radius 3 is 2.28 bits per heavy atom. The van der Waals surface area contributed by atoms with Crippen molar-refractivity contribution in [3.8, 4) is 0 Å². The van der Waals surface area contributed by atoms with Crippen LogP contribution < -0.4 is 15.4 Å². The van der Waals surface area contributed by atoms with E-state index >= 15 is 0 Å². The fourth-order valence-corrected chi connectivity index (χ4v) is 3.73. The fraction of sp³-hybridized carbons (Fsp3) is 0.100. The highest BCUT2D eigenvalue weighted by molar-refractivity contribution is 7.92. The number of amides is 1. The molecule has 150 valence electrons. The third-order valence-electron chi connectivity index (χ3n) is 4.15. The topological polar surface area (TPSA) is 100 Å². The number of hydrogen-bond donors (Lipinski definition) is 3. The Hall–Kier alpha value is -3.17. The van der Waals surface area contributed by atoms with Crippen molar-refractivity contribution in [3.63, 3.8) is 0 Å². The molecule has 0 fully saturated rings. The summed E-state index contributed by atoms with van der Waals surface area (Å²) in [6.45, 7) is 3.88. The standard InChI is InChI=1S/C20H19N3O4S2/c1-13-5-6-16(12-14(13)2)23-29(25,26)17-9-7-15(8-10-17)21-20(28)22-19(24)18-4-3-11-27-18/h3-12,23H,1-2H3,(H2,21,22,24,28). The van der Waals surface area contributed by atoms with E-state index < -0.39 is 15.9 Å². The molecule has 0 bridgehead atoms. The highest BCUT2D eigenvalue weighted by Crippen LogP contribution is 2.20. The van der Waals surface area contributed by atoms with Gasteiger partial charge in [0.1, 0.15) is 0 Å². The number of hydrogen-bond acceptors (Lipinski definition) is 5. The van der Waals surface area contributed by atoms with E-state index in [0.29, 0.717) is 11.4 Å². The minimum absolute atomic E-state index is 0.0651. The molecule has 0 aliphatic rings. The van der Waals surface area contributed by atoms with Crippen LogP contribution in [0.25, 0.3) is 0 Å². The Morgan fingerprint density at radius 2 is 1.66 bits per heavy atom. The largest absolute Gasteiger partial charge is 0.459 e. The van der Waals surface area contributed by atoms with E-state index in [-0.39, 0.29) is 15.8 Å². The molecule has 1 amide bonds. The number of furan rings is 1. The van der Waals surface area contributed by atoms with Crippen molar-refractivity contribution in [2.75, 3.05) is 10.0 Å². The normalized spacial score (nSPS) is 11.0. The second-order valence-electron chi connectivity index (χ2n) is 6.31. The van der Waals surface area contributed by atoms with Crippen LogP contribution in [-0.4, -0.2) is 19.4 Å². The smallest absolute Gasteiger partial charge is 0.293 e. The lowest BCUT2D eigenvalue weighted by Gasteiger charge is -2.11. The van der Waals surface area contributed by atoms with Crippen LogP contribution in [0.15, 0.2) is 70.2 Å². The number of benzene rings is 2. The van der Waals surface area contributed by atoms with Crippen molar-refractivity contribution in [1.29, 1.82) is 0 Å². The number of carbonyl (C=O) groups excluding carboxylic acids is 1. The average molecular weight is 430 g/mol. The molecule has 3 N–H and O–H groups in total. The van der Waals surface area contributed by atoms with Crippen molar-refractivity contribution in [1.82, 2.24) is 5.32 Å². The first kappa shape index (κ1) is 20.6. The van der Waals surface area contributed by atoms with E-state index in [1.165, 1.54) is 24.5 Å². The number of thiocarbonyl (C=S) groups is 1. The Kier molecular flexibility index (Phi) is 6.00. The molecule has 0 spiro atoms. The van der Waals surface area contributed by atoms with Gasteiger partial charge in [0.2, 0.25) is 0 Å². The van der Waals surface area contributed by atoms with E-state index in [1.54, 1.807) is 30.3 Å². The molecule has 1 heterocycles. The predicted octanol–water partition coefficient (Wildman–Crippen LogP) is 3.82. The van der Waals surface area contributed by atoms with Gasteiger partial charge in [0.15, 0.2) is 10.9 Å². The first-order valence-electron chi connectivity index (χ1n) is 8.60. The molecule has 0 saturated carbocycles. The van der Waals surface area contributed by atoms with Gasteiger partial charge in [-0.15, -0.1) is 0 Å². The van der Waals surface area contributed by atoms with Gasteiger partial charge in [-0.25, -0.2) is 8.42 Å². The van der Waals surface area contributed by atoms with Crippen molar-refractivity contribution < 1.29 is 17.6 Å². The summed E-state index contributed by atoms with van der Waals surface area (Å²) in [6.07, 6.45) is 1.39. The molecule has 0 unspecified atom stereocenters. The second kappa shape index (κ2) is 8.46. The molecule has 1 aromatic heterocycles. The number of aryl methyl sites for hydroxylation is 2. The first-order valence-corrected chi connectivity index (χ1v) is 10.5. The zero-order valence-corrected chi connectivity index (χ0v) is 17.4. The molecule has 3 aromatic rings. The maximum atomic E-state index is 12.6. The van der Waals surface area contributed by atoms with Crippen LogP contribution in [0.5, 0.6) is 0 Å². The lowest BCUT2D eigenvalue weighted by molar-refractivity contribution is 0.0950. The zero-order valence-electron chi connectivity index (χ0n) is 15.7. The van der Waals surface area contributed by atoms with Gasteiger partial charge in [-0.3, -0.25) is 14.8 Å². The van der Waals surface area contributed by atoms with Crippen LogP contribution in [0.1, 0.15) is 21.7 Å². The van der Waals surface area contributed by atoms with Gasteiger partial charge in [-0.1, -0.05) is 6.07 Å². The van der Waals surface area contributed by atoms with Crippen molar-refractivity contribution >= 4 is 44.6 Å². The second-order valence-corrected chi connectivity index (χ2v) is 8.41. The lowest BCUT2D eigenvalue weighted by Crippen LogP contribution is -2.33. The van der Waals surface area contributed by atoms with Gasteiger partial charge in [0, 0.05) is 11.4 Å². The van der Waals surface area contributed by atoms with Gasteiger partial charge in [0.25, 0.3) is 15.9 Å². The Bertz CT molecular complexity index is 1140. The molecule has 3 rings (SSSR count). The molecule has 9 heteroatoms. The molecule has 0 atom stereocenters. The van der Waals surface area contributed by atoms with Crippen molar-refractivity contribution in [2.45, 2.75) is 18.7 Å². The Morgan fingerprint density at radius 1 is 0.966 bits per heavy atom. The maximum Gasteiger partial charge on any atom is 0.293 e. The molecular formula is C20H19N3O4S2. The minimum atomic E-state index is -3.73. The number of carbonyl (C=O) groups is 1. The molecular weight excluding hydrogens is 410 g/mol. The summed E-state index contributed by atoms with van der Waals surface area (Å²) in [5.41, 5.74) is 3.10. The van der Waals surface area contributed by atoms with Gasteiger partial charge in [-0.05, 0) is 85.7 Å². The van der Waals surface area contributed by atoms with Gasteiger partial charge < -0.3 is 9.73 Å². The Labute approximate surface area is 174 Å². The summed E-state index contributed by atoms with van der Waals surface area (Å²) >= 11 is 5.09. The minimum Gasteiger partial charge on any atom is -0.459 e. The van der Waals surface area contributed by atoms with Gasteiger partial charge in [-0.2, -0.15) is 0 Å². The highest BCUT2D eigenvalue weighted by Gasteiger charge is 2.15. The monoisotopic (exact) mass is 429 g/mol. The average Bonchev–Trinajstić information content (AvgIpc) is 3.20. The van der Waals surface area contributed by atoms with E-state index in [0.717, 1.165) is 11.1 Å². The van der Waals surface area contributed by atoms with E-state index in [4.69, 9.17) is 16.6 Å². The summed E-state index contributed by atoms with van der Waals surface area (Å²) in [5, 5.41) is 5.36. The van der Waals surface area contributed by atoms with Gasteiger partial charge >= 0.3 is 0 Å². The maximum absolute atomic E-state index is 12.6. The molecule has 0 aliphatic heterocycles. The van der Waals surface area contributed by atoms with Crippen LogP contribution in [0.3, 0.4) is 0 Å². The number of sulfonamides is 1. The van der Waals surface area contributed by atoms with Crippen molar-refractivity contribution in [3.05, 3.63) is 77.7 Å². The highest BCUT2D eigenvalue weighted by atomic mass is 32.2. The van der Waals surface area contributed by atoms with Crippen molar-refractivity contribution in [2.24, 2.45) is 0 Å². The van der Waals surface area contributed by atoms with E-state index in [1.807, 2.05) is 19.9 Å². The Balaban J connectivity index is 1.64.